The molecular formula is C70H119NO10. The molecule has 11 nitrogen and oxygen atoms in total. The van der Waals surface area contributed by atoms with Crippen molar-refractivity contribution in [3.05, 3.63) is 109 Å². The zero-order chi connectivity index (χ0) is 58.9. The van der Waals surface area contributed by atoms with Crippen LogP contribution in [-0.4, -0.2) is 99.6 Å². The molecule has 1 amide bonds. The third kappa shape index (κ3) is 44.5. The molecule has 0 aromatic carbocycles. The lowest BCUT2D eigenvalue weighted by Crippen LogP contribution is -2.61. The molecule has 11 heteroatoms. The molecule has 8 atom stereocenters. The van der Waals surface area contributed by atoms with Crippen molar-refractivity contribution in [2.24, 2.45) is 0 Å². The molecule has 0 spiro atoms. The average molecular weight is 1130 g/mol. The van der Waals surface area contributed by atoms with Gasteiger partial charge in [-0.2, -0.15) is 0 Å². The molecule has 1 rings (SSSR count). The van der Waals surface area contributed by atoms with Crippen molar-refractivity contribution in [2.75, 3.05) is 13.2 Å². The Bertz CT molecular complexity index is 1730. The van der Waals surface area contributed by atoms with Crippen LogP contribution in [0.3, 0.4) is 0 Å². The van der Waals surface area contributed by atoms with Crippen molar-refractivity contribution in [3.8, 4) is 0 Å². The van der Waals surface area contributed by atoms with Crippen LogP contribution in [0.4, 0.5) is 0 Å². The molecule has 6 N–H and O–H groups in total. The van der Waals surface area contributed by atoms with Crippen LogP contribution in [0.15, 0.2) is 109 Å². The van der Waals surface area contributed by atoms with Gasteiger partial charge in [-0.1, -0.05) is 271 Å². The van der Waals surface area contributed by atoms with E-state index in [1.807, 2.05) is 42.5 Å². The Labute approximate surface area is 494 Å². The third-order valence-electron chi connectivity index (χ3n) is 14.8. The van der Waals surface area contributed by atoms with Gasteiger partial charge in [-0.15, -0.1) is 0 Å². The van der Waals surface area contributed by atoms with E-state index in [4.69, 9.17) is 14.2 Å². The number of aliphatic hydroxyl groups excluding tert-OH is 5. The predicted octanol–water partition coefficient (Wildman–Crippen LogP) is 16.1. The molecule has 0 bridgehead atoms. The first-order valence-electron chi connectivity index (χ1n) is 32.7. The summed E-state index contributed by atoms with van der Waals surface area (Å²) in [5, 5.41) is 57.0. The number of allylic oxidation sites excluding steroid dienone is 17. The van der Waals surface area contributed by atoms with E-state index in [1.54, 1.807) is 6.08 Å². The molecule has 0 aliphatic carbocycles. The van der Waals surface area contributed by atoms with Gasteiger partial charge in [0.2, 0.25) is 5.91 Å². The van der Waals surface area contributed by atoms with Crippen LogP contribution in [0.25, 0.3) is 0 Å². The third-order valence-corrected chi connectivity index (χ3v) is 14.8. The number of carbonyl (C=O) groups excluding carboxylic acids is 2. The van der Waals surface area contributed by atoms with Gasteiger partial charge in [-0.25, -0.2) is 0 Å². The van der Waals surface area contributed by atoms with Gasteiger partial charge in [0, 0.05) is 6.42 Å². The van der Waals surface area contributed by atoms with Gasteiger partial charge in [0.1, 0.15) is 24.4 Å². The van der Waals surface area contributed by atoms with E-state index >= 15 is 0 Å². The Hall–Kier alpha value is -3.68. The van der Waals surface area contributed by atoms with Gasteiger partial charge in [-0.05, 0) is 89.9 Å². The molecule has 1 saturated heterocycles. The minimum Gasteiger partial charge on any atom is -0.454 e. The zero-order valence-electron chi connectivity index (χ0n) is 51.4. The Morgan fingerprint density at radius 1 is 0.506 bits per heavy atom. The highest BCUT2D eigenvalue weighted by atomic mass is 16.7. The summed E-state index contributed by atoms with van der Waals surface area (Å²) in [6, 6.07) is -1.04. The molecule has 1 heterocycles. The largest absolute Gasteiger partial charge is 0.454 e. The maximum atomic E-state index is 13.4. The fourth-order valence-electron chi connectivity index (χ4n) is 9.59. The summed E-state index contributed by atoms with van der Waals surface area (Å²) in [6.45, 7) is 5.60. The van der Waals surface area contributed by atoms with Crippen LogP contribution >= 0.6 is 0 Å². The maximum Gasteiger partial charge on any atom is 0.306 e. The van der Waals surface area contributed by atoms with E-state index in [1.165, 1.54) is 103 Å². The lowest BCUT2D eigenvalue weighted by molar-refractivity contribution is -0.305. The zero-order valence-corrected chi connectivity index (χ0v) is 51.4. The van der Waals surface area contributed by atoms with Crippen molar-refractivity contribution in [1.82, 2.24) is 5.32 Å². The highest BCUT2D eigenvalue weighted by Crippen LogP contribution is 2.26. The fourth-order valence-corrected chi connectivity index (χ4v) is 9.59. The topological polar surface area (TPSA) is 175 Å². The molecule has 81 heavy (non-hydrogen) atoms. The Morgan fingerprint density at radius 2 is 0.938 bits per heavy atom. The first-order valence-corrected chi connectivity index (χ1v) is 32.7. The lowest BCUT2D eigenvalue weighted by Gasteiger charge is -2.41. The van der Waals surface area contributed by atoms with Gasteiger partial charge in [-0.3, -0.25) is 9.59 Å². The molecule has 1 aliphatic rings. The van der Waals surface area contributed by atoms with Crippen LogP contribution in [0.2, 0.25) is 0 Å². The quantitative estimate of drug-likeness (QED) is 0.0149. The highest BCUT2D eigenvalue weighted by Gasteiger charge is 2.47. The van der Waals surface area contributed by atoms with Crippen molar-refractivity contribution < 1.29 is 49.3 Å². The average Bonchev–Trinajstić information content (AvgIpc) is 3.50. The highest BCUT2D eigenvalue weighted by molar-refractivity contribution is 5.80. The number of aliphatic hydroxyl groups is 5. The second kappa shape index (κ2) is 56.8. The van der Waals surface area contributed by atoms with Gasteiger partial charge in [0.15, 0.2) is 12.4 Å². The number of esters is 1. The fraction of sp³-hybridized carbons (Fsp3) is 0.714. The van der Waals surface area contributed by atoms with E-state index in [2.05, 4.69) is 86.8 Å². The lowest BCUT2D eigenvalue weighted by atomic mass is 9.99. The first-order chi connectivity index (χ1) is 39.7. The molecular weight excluding hydrogens is 1010 g/mol. The van der Waals surface area contributed by atoms with Gasteiger partial charge < -0.3 is 45.1 Å². The number of nitrogens with one attached hydrogen (secondary N) is 1. The summed E-state index contributed by atoms with van der Waals surface area (Å²) in [5.74, 6) is -1.23. The number of rotatable bonds is 54. The van der Waals surface area contributed by atoms with E-state index in [-0.39, 0.29) is 19.4 Å². The van der Waals surface area contributed by atoms with E-state index in [9.17, 15) is 35.1 Å². The summed E-state index contributed by atoms with van der Waals surface area (Å²) in [6.07, 6.45) is 67.0. The molecule has 8 unspecified atom stereocenters. The number of hydrogen-bond donors (Lipinski definition) is 6. The Morgan fingerprint density at radius 3 is 1.47 bits per heavy atom. The van der Waals surface area contributed by atoms with Crippen LogP contribution in [0.5, 0.6) is 0 Å². The Kier molecular flexibility index (Phi) is 52.8. The van der Waals surface area contributed by atoms with E-state index in [0.29, 0.717) is 12.8 Å². The van der Waals surface area contributed by atoms with Crippen molar-refractivity contribution in [1.29, 1.82) is 0 Å². The normalized spacial score (nSPS) is 19.4. The number of carbonyl (C=O) groups is 2. The van der Waals surface area contributed by atoms with E-state index in [0.717, 1.165) is 109 Å². The molecule has 1 fully saturated rings. The SMILES string of the molecule is CC/C=C/C=C/C=C/C=C\CCCCCCCC(=O)OC1C(OCC(NC(=O)C(O)CCCCCCCCCCCC/C=C\C/C=C\C/C=C\C/C=C\CCCCC)C(O)/C=C/CCCCCCCCCCC)OC(CO)C(O)C1O. The minimum absolute atomic E-state index is 0.0921. The molecule has 0 saturated carbocycles. The van der Waals surface area contributed by atoms with Crippen molar-refractivity contribution >= 4 is 11.9 Å². The second-order valence-electron chi connectivity index (χ2n) is 22.2. The summed E-state index contributed by atoms with van der Waals surface area (Å²) < 4.78 is 17.6. The summed E-state index contributed by atoms with van der Waals surface area (Å²) >= 11 is 0. The molecule has 0 radical (unpaired) electrons. The molecule has 0 aromatic heterocycles. The molecule has 464 valence electrons. The van der Waals surface area contributed by atoms with Crippen LogP contribution < -0.4 is 5.32 Å². The first kappa shape index (κ1) is 75.3. The maximum absolute atomic E-state index is 13.4. The van der Waals surface area contributed by atoms with Crippen LogP contribution in [-0.2, 0) is 23.8 Å². The summed E-state index contributed by atoms with van der Waals surface area (Å²) in [5.41, 5.74) is 0. The monoisotopic (exact) mass is 1130 g/mol. The van der Waals surface area contributed by atoms with Crippen molar-refractivity contribution in [3.63, 3.8) is 0 Å². The minimum atomic E-state index is -1.63. The molecule has 0 aromatic rings. The van der Waals surface area contributed by atoms with Gasteiger partial charge in [0.25, 0.3) is 0 Å². The summed E-state index contributed by atoms with van der Waals surface area (Å²) in [7, 11) is 0. The van der Waals surface area contributed by atoms with Crippen LogP contribution in [0.1, 0.15) is 258 Å². The van der Waals surface area contributed by atoms with Crippen molar-refractivity contribution in [2.45, 2.75) is 307 Å². The smallest absolute Gasteiger partial charge is 0.306 e. The van der Waals surface area contributed by atoms with Gasteiger partial charge >= 0.3 is 5.97 Å². The number of hydrogen-bond acceptors (Lipinski definition) is 10. The Balaban J connectivity index is 2.60. The second-order valence-corrected chi connectivity index (χ2v) is 22.2. The summed E-state index contributed by atoms with van der Waals surface area (Å²) in [4.78, 5) is 26.6. The standard InChI is InChI=1S/C70H119NO10/c1-4-7-10-13-16-19-22-24-26-27-28-29-30-31-32-33-34-35-36-38-39-42-45-48-51-54-57-63(74)69(78)71-61(62(73)56-53-50-47-44-41-21-18-15-12-9-6-3)60-79-70-68(67(77)66(76)64(59-72)80-70)81-65(75)58-55-52-49-46-43-40-37-25-23-20-17-14-11-8-5-2/h8,11,14,16-17,19-20,23-26,28-29,31-32,37,53,56,61-64,66-68,70,72-74,76-77H,4-7,9-10,12-13,15,18,21-22,27,30,33-36,38-52,54-55,57-60H2,1-3H3,(H,71,78)/b11-8+,17-14+,19-16-,23-20+,26-24-,29-28-,32-31-,37-25-,56-53+. The van der Waals surface area contributed by atoms with E-state index < -0.39 is 67.4 Å². The predicted molar refractivity (Wildman–Crippen MR) is 338 cm³/mol. The number of unbranched alkanes of at least 4 members (excludes halogenated alkanes) is 27. The molecule has 1 aliphatic heterocycles. The number of amides is 1. The van der Waals surface area contributed by atoms with Crippen LogP contribution in [0, 0.1) is 0 Å². The van der Waals surface area contributed by atoms with Gasteiger partial charge in [0.05, 0.1) is 25.4 Å². The number of ether oxygens (including phenoxy) is 3.